The summed E-state index contributed by atoms with van der Waals surface area (Å²) in [5.41, 5.74) is 0. The van der Waals surface area contributed by atoms with Crippen molar-refractivity contribution in [2.75, 3.05) is 82.1 Å². The van der Waals surface area contributed by atoms with E-state index in [4.69, 9.17) is 4.74 Å². The van der Waals surface area contributed by atoms with Crippen LogP contribution in [-0.2, 0) is 57.5 Å². The summed E-state index contributed by atoms with van der Waals surface area (Å²) in [6, 6.07) is -12.8. The fraction of sp³-hybridized carbons (Fsp3) is 0.812. The molecule has 25 nitrogen and oxygen atoms in total. The zero-order valence-electron chi connectivity index (χ0n) is 61.3. The van der Waals surface area contributed by atoms with Crippen LogP contribution in [0.5, 0.6) is 0 Å². The van der Waals surface area contributed by atoms with Crippen LogP contribution in [0, 0.1) is 35.5 Å². The Kier molecular flexibility index (Phi) is 30.5. The van der Waals surface area contributed by atoms with E-state index >= 15 is 28.8 Å². The Morgan fingerprint density at radius 1 is 0.489 bits per heavy atom. The molecular formula is C69H121N13O12. The van der Waals surface area contributed by atoms with Crippen LogP contribution < -0.4 is 21.3 Å². The van der Waals surface area contributed by atoms with Gasteiger partial charge in [-0.15, -0.1) is 0 Å². The van der Waals surface area contributed by atoms with E-state index in [0.717, 1.165) is 26.2 Å². The molecule has 4 fully saturated rings. The van der Waals surface area contributed by atoms with Gasteiger partial charge in [0.25, 0.3) is 0 Å². The largest absolute Gasteiger partial charge is 0.370 e. The van der Waals surface area contributed by atoms with Gasteiger partial charge in [0.15, 0.2) is 0 Å². The molecule has 1 aliphatic carbocycles. The van der Waals surface area contributed by atoms with Crippen LogP contribution in [0.25, 0.3) is 0 Å². The Bertz CT molecular complexity index is 2660. The van der Waals surface area contributed by atoms with Gasteiger partial charge in [0.2, 0.25) is 65.0 Å². The molecule has 0 aromatic carbocycles. The molecule has 4 aliphatic rings. The van der Waals surface area contributed by atoms with Crippen molar-refractivity contribution in [3.05, 3.63) is 12.2 Å². The minimum atomic E-state index is -1.34. The molecule has 3 aliphatic heterocycles. The van der Waals surface area contributed by atoms with Gasteiger partial charge in [-0.1, -0.05) is 94.7 Å². The number of nitrogens with zero attached hydrogens (tertiary/aromatic N) is 9. The molecule has 15 unspecified atom stereocenters. The first-order valence-electron chi connectivity index (χ1n) is 34.7. The summed E-state index contributed by atoms with van der Waals surface area (Å²) in [6.07, 6.45) is 6.35. The Balaban J connectivity index is 1.90. The summed E-state index contributed by atoms with van der Waals surface area (Å²) in [6.45, 7) is 32.0. The Morgan fingerprint density at radius 3 is 1.49 bits per heavy atom. The van der Waals surface area contributed by atoms with Crippen molar-refractivity contribution >= 4 is 65.0 Å². The third-order valence-corrected chi connectivity index (χ3v) is 20.0. The molecule has 25 heteroatoms. The SMILES string of the molecule is CC=CCC(C)C1OC(C)C2C(=O)N(C)C1C(=O)NC(CC)C(=O)N(C)C(C)C(=O)N(C)C(C(C)CN1CCN(C3CCC3)CC1)C(=O)NC(C(C)C)C(=O)N(C)C(CC(C)C)C(=O)NC(C)C(=O)NC(C)C(=O)N(C)C(CC(C)C)C(=O)N(C)C(CC(C)C)C(=O)N2C. The topological polar surface area (TPSA) is 274 Å². The Hall–Kier alpha value is -6.21. The zero-order chi connectivity index (χ0) is 71.2. The average molecular weight is 1320 g/mol. The molecule has 534 valence electrons. The molecule has 0 radical (unpaired) electrons. The summed E-state index contributed by atoms with van der Waals surface area (Å²) < 4.78 is 6.82. The summed E-state index contributed by atoms with van der Waals surface area (Å²) in [5.74, 6) is -8.82. The van der Waals surface area contributed by atoms with Gasteiger partial charge in [0, 0.05) is 88.1 Å². The molecule has 3 heterocycles. The molecule has 0 spiro atoms. The summed E-state index contributed by atoms with van der Waals surface area (Å²) in [7, 11) is 10.3. The smallest absolute Gasteiger partial charge is 0.248 e. The number of piperazine rings is 1. The van der Waals surface area contributed by atoms with Crippen LogP contribution >= 0.6 is 0 Å². The maximum absolute atomic E-state index is 15.3. The number of amides is 11. The molecule has 4 rings (SSSR count). The van der Waals surface area contributed by atoms with Gasteiger partial charge >= 0.3 is 0 Å². The lowest BCUT2D eigenvalue weighted by molar-refractivity contribution is -0.155. The molecule has 94 heavy (non-hydrogen) atoms. The quantitative estimate of drug-likeness (QED) is 0.172. The second-order valence-corrected chi connectivity index (χ2v) is 29.2. The second-order valence-electron chi connectivity index (χ2n) is 29.2. The van der Waals surface area contributed by atoms with Gasteiger partial charge in [-0.2, -0.15) is 0 Å². The van der Waals surface area contributed by atoms with Crippen molar-refractivity contribution in [2.24, 2.45) is 35.5 Å². The van der Waals surface area contributed by atoms with E-state index < -0.39 is 161 Å². The number of carbonyl (C=O) groups is 11. The van der Waals surface area contributed by atoms with E-state index in [-0.39, 0.29) is 43.4 Å². The number of rotatable bonds is 15. The first-order chi connectivity index (χ1) is 43.8. The molecule has 15 atom stereocenters. The van der Waals surface area contributed by atoms with Crippen molar-refractivity contribution in [3.63, 3.8) is 0 Å². The predicted molar refractivity (Wildman–Crippen MR) is 362 cm³/mol. The Morgan fingerprint density at radius 2 is 0.989 bits per heavy atom. The van der Waals surface area contributed by atoms with Gasteiger partial charge in [-0.05, 0) is 115 Å². The Labute approximate surface area is 562 Å². The zero-order valence-corrected chi connectivity index (χ0v) is 61.3. The van der Waals surface area contributed by atoms with Crippen molar-refractivity contribution < 1.29 is 57.5 Å². The highest BCUT2D eigenvalue weighted by Crippen LogP contribution is 2.31. The normalized spacial score (nSPS) is 30.6. The van der Waals surface area contributed by atoms with E-state index in [2.05, 4.69) is 31.1 Å². The van der Waals surface area contributed by atoms with Crippen molar-refractivity contribution in [3.8, 4) is 0 Å². The summed E-state index contributed by atoms with van der Waals surface area (Å²) in [5, 5.41) is 11.4. The first-order valence-corrected chi connectivity index (χ1v) is 34.7. The van der Waals surface area contributed by atoms with Crippen LogP contribution in [0.3, 0.4) is 0 Å². The van der Waals surface area contributed by atoms with Crippen molar-refractivity contribution in [1.29, 1.82) is 0 Å². The number of ether oxygens (including phenoxy) is 1. The molecule has 0 aromatic heterocycles. The monoisotopic (exact) mass is 1320 g/mol. The van der Waals surface area contributed by atoms with Crippen LogP contribution in [0.4, 0.5) is 0 Å². The van der Waals surface area contributed by atoms with E-state index in [0.29, 0.717) is 19.0 Å². The maximum atomic E-state index is 15.3. The highest BCUT2D eigenvalue weighted by Gasteiger charge is 2.51. The predicted octanol–water partition coefficient (Wildman–Crippen LogP) is 3.19. The number of hydrogen-bond acceptors (Lipinski definition) is 14. The lowest BCUT2D eigenvalue weighted by Crippen LogP contribution is -2.63. The summed E-state index contributed by atoms with van der Waals surface area (Å²) in [4.78, 5) is 178. The van der Waals surface area contributed by atoms with Crippen LogP contribution in [0.1, 0.15) is 162 Å². The van der Waals surface area contributed by atoms with Gasteiger partial charge in [0.05, 0.1) is 12.2 Å². The number of carbonyl (C=O) groups excluding carboxylic acids is 11. The van der Waals surface area contributed by atoms with Crippen LogP contribution in [-0.4, -0.2) is 276 Å². The van der Waals surface area contributed by atoms with E-state index in [1.165, 1.54) is 117 Å². The molecule has 1 saturated carbocycles. The molecular weight excluding hydrogens is 1200 g/mol. The number of likely N-dealkylation sites (N-methyl/N-ethyl adjacent to an activating group) is 7. The third kappa shape index (κ3) is 20.0. The van der Waals surface area contributed by atoms with E-state index in [9.17, 15) is 24.0 Å². The highest BCUT2D eigenvalue weighted by molar-refractivity contribution is 6.00. The standard InChI is InChI=1S/C69H121N13O12/c1-24-26-28-43(11)58-57-62(86)72-50(25-2)65(89)74(17)47(15)64(88)78(21)55(44(12)38-81-31-33-82(34-32-81)49-29-27-30-49)61(85)73-54(42(9)10)68(92)75(18)51(35-39(3)4)60(84)70-45(13)59(83)71-46(14)63(87)76(19)52(36-40(5)6)66(90)77(20)53(37-41(7)8)67(91)79(22)56(48(16)94-58)69(93)80(57)23/h24,26,39-58H,25,27-38H2,1-23H3,(H,70,84)(H,71,83)(H,72,86)(H,73,85). The van der Waals surface area contributed by atoms with Crippen molar-refractivity contribution in [2.45, 2.75) is 247 Å². The lowest BCUT2D eigenvalue weighted by Gasteiger charge is -2.44. The van der Waals surface area contributed by atoms with Gasteiger partial charge in [0.1, 0.15) is 66.5 Å². The van der Waals surface area contributed by atoms with E-state index in [1.807, 2.05) is 74.5 Å². The van der Waals surface area contributed by atoms with E-state index in [1.54, 1.807) is 34.6 Å². The number of hydrogen-bond donors (Lipinski definition) is 4. The average Bonchev–Trinajstić information content (AvgIpc) is 1.55. The molecule has 4 N–H and O–H groups in total. The fourth-order valence-electron chi connectivity index (χ4n) is 13.7. The van der Waals surface area contributed by atoms with Crippen LogP contribution in [0.2, 0.25) is 0 Å². The second kappa shape index (κ2) is 35.7. The maximum Gasteiger partial charge on any atom is 0.248 e. The van der Waals surface area contributed by atoms with Crippen LogP contribution in [0.15, 0.2) is 12.2 Å². The number of nitrogens with one attached hydrogen (secondary N) is 4. The lowest BCUT2D eigenvalue weighted by atomic mass is 9.91. The number of allylic oxidation sites excluding steroid dienone is 2. The molecule has 3 saturated heterocycles. The summed E-state index contributed by atoms with van der Waals surface area (Å²) >= 11 is 0. The molecule has 0 aromatic rings. The minimum Gasteiger partial charge on any atom is -0.370 e. The first kappa shape index (κ1) is 80.2. The van der Waals surface area contributed by atoms with Gasteiger partial charge < -0.3 is 65.2 Å². The molecule has 2 bridgehead atoms. The van der Waals surface area contributed by atoms with Crippen molar-refractivity contribution in [1.82, 2.24) is 65.4 Å². The third-order valence-electron chi connectivity index (χ3n) is 20.0. The number of fused-ring (bicyclic) bond motifs is 3. The fourth-order valence-corrected chi connectivity index (χ4v) is 13.7. The van der Waals surface area contributed by atoms with Gasteiger partial charge in [-0.3, -0.25) is 57.6 Å². The van der Waals surface area contributed by atoms with Gasteiger partial charge in [-0.25, -0.2) is 0 Å². The minimum absolute atomic E-state index is 0.0688. The molecule has 11 amide bonds. The highest BCUT2D eigenvalue weighted by atomic mass is 16.5.